The summed E-state index contributed by atoms with van der Waals surface area (Å²) in [6.07, 6.45) is 1.70. The highest BCUT2D eigenvalue weighted by atomic mass is 32.1. The van der Waals surface area contributed by atoms with E-state index in [1.54, 1.807) is 6.26 Å². The molecule has 0 aliphatic carbocycles. The van der Waals surface area contributed by atoms with Crippen molar-refractivity contribution in [3.63, 3.8) is 0 Å². The average Bonchev–Trinajstić information content (AvgIpc) is 3.31. The monoisotopic (exact) mass is 395 g/mol. The number of thiazole rings is 1. The predicted octanol–water partition coefficient (Wildman–Crippen LogP) is 4.29. The van der Waals surface area contributed by atoms with E-state index in [2.05, 4.69) is 36.9 Å². The van der Waals surface area contributed by atoms with Crippen LogP contribution in [0.2, 0.25) is 0 Å². The minimum absolute atomic E-state index is 0.101. The Morgan fingerprint density at radius 2 is 1.93 bits per heavy atom. The maximum Gasteiger partial charge on any atom is 0.265 e. The van der Waals surface area contributed by atoms with E-state index < -0.39 is 0 Å². The van der Waals surface area contributed by atoms with E-state index >= 15 is 0 Å². The fourth-order valence-electron chi connectivity index (χ4n) is 3.64. The zero-order valence-electron chi connectivity index (χ0n) is 16.6. The molecule has 28 heavy (non-hydrogen) atoms. The van der Waals surface area contributed by atoms with Crippen LogP contribution in [0.3, 0.4) is 0 Å². The van der Waals surface area contributed by atoms with E-state index in [-0.39, 0.29) is 5.91 Å². The lowest BCUT2D eigenvalue weighted by molar-refractivity contribution is 0.0624. The SMILES string of the molecule is Cc1ccc(-c2nc(C)c(C(=O)N3CCN(Cc4ccco4)CC3)s2)c(C)c1. The van der Waals surface area contributed by atoms with Crippen LogP contribution >= 0.6 is 11.3 Å². The lowest BCUT2D eigenvalue weighted by Crippen LogP contribution is -2.48. The van der Waals surface area contributed by atoms with Crippen molar-refractivity contribution < 1.29 is 9.21 Å². The standard InChI is InChI=1S/C22H25N3O2S/c1-15-6-7-19(16(2)13-15)21-23-17(3)20(28-21)22(26)25-10-8-24(9-11-25)14-18-5-4-12-27-18/h4-7,12-13H,8-11,14H2,1-3H3. The van der Waals surface area contributed by atoms with Gasteiger partial charge in [0.15, 0.2) is 0 Å². The first-order valence-corrected chi connectivity index (χ1v) is 10.4. The highest BCUT2D eigenvalue weighted by molar-refractivity contribution is 7.17. The van der Waals surface area contributed by atoms with Crippen molar-refractivity contribution in [1.82, 2.24) is 14.8 Å². The van der Waals surface area contributed by atoms with E-state index in [1.165, 1.54) is 22.5 Å². The Bertz CT molecular complexity index is 970. The summed E-state index contributed by atoms with van der Waals surface area (Å²) in [7, 11) is 0. The fraction of sp³-hybridized carbons (Fsp3) is 0.364. The number of aromatic nitrogens is 1. The molecular formula is C22H25N3O2S. The van der Waals surface area contributed by atoms with Gasteiger partial charge in [0, 0.05) is 31.7 Å². The number of hydrogen-bond acceptors (Lipinski definition) is 5. The molecule has 146 valence electrons. The average molecular weight is 396 g/mol. The first kappa shape index (κ1) is 18.9. The van der Waals surface area contributed by atoms with Crippen molar-refractivity contribution in [3.05, 3.63) is 64.1 Å². The molecule has 1 amide bonds. The summed E-state index contributed by atoms with van der Waals surface area (Å²) >= 11 is 1.51. The Morgan fingerprint density at radius 3 is 2.61 bits per heavy atom. The molecule has 1 aromatic carbocycles. The second-order valence-corrected chi connectivity index (χ2v) is 8.40. The largest absolute Gasteiger partial charge is 0.468 e. The summed E-state index contributed by atoms with van der Waals surface area (Å²) in [4.78, 5) is 22.8. The Morgan fingerprint density at radius 1 is 1.14 bits per heavy atom. The maximum atomic E-state index is 13.1. The van der Waals surface area contributed by atoms with Gasteiger partial charge in [-0.1, -0.05) is 23.8 Å². The van der Waals surface area contributed by atoms with E-state index in [9.17, 15) is 4.79 Å². The summed E-state index contributed by atoms with van der Waals surface area (Å²) in [5, 5.41) is 0.926. The molecule has 2 aromatic heterocycles. The normalized spacial score (nSPS) is 15.2. The van der Waals surface area contributed by atoms with Crippen LogP contribution in [0.1, 0.15) is 32.3 Å². The van der Waals surface area contributed by atoms with Crippen LogP contribution in [-0.4, -0.2) is 46.9 Å². The van der Waals surface area contributed by atoms with Crippen LogP contribution in [0.25, 0.3) is 10.6 Å². The molecule has 3 heterocycles. The summed E-state index contributed by atoms with van der Waals surface area (Å²) < 4.78 is 5.43. The molecule has 1 saturated heterocycles. The van der Waals surface area contributed by atoms with Gasteiger partial charge in [-0.3, -0.25) is 9.69 Å². The molecule has 0 N–H and O–H groups in total. The lowest BCUT2D eigenvalue weighted by atomic mass is 10.1. The number of nitrogens with zero attached hydrogens (tertiary/aromatic N) is 3. The predicted molar refractivity (Wildman–Crippen MR) is 112 cm³/mol. The van der Waals surface area contributed by atoms with Crippen molar-refractivity contribution in [2.24, 2.45) is 0 Å². The van der Waals surface area contributed by atoms with Crippen molar-refractivity contribution >= 4 is 17.2 Å². The van der Waals surface area contributed by atoms with E-state index in [0.29, 0.717) is 0 Å². The number of hydrogen-bond donors (Lipinski definition) is 0. The van der Waals surface area contributed by atoms with Crippen molar-refractivity contribution in [2.75, 3.05) is 26.2 Å². The Hall–Kier alpha value is -2.44. The smallest absolute Gasteiger partial charge is 0.265 e. The number of aryl methyl sites for hydroxylation is 3. The van der Waals surface area contributed by atoms with Crippen LogP contribution in [-0.2, 0) is 6.54 Å². The summed E-state index contributed by atoms with van der Waals surface area (Å²) in [5.41, 5.74) is 4.36. The Labute approximate surface area is 169 Å². The number of carbonyl (C=O) groups excluding carboxylic acids is 1. The minimum Gasteiger partial charge on any atom is -0.468 e. The van der Waals surface area contributed by atoms with Gasteiger partial charge in [-0.05, 0) is 38.5 Å². The van der Waals surface area contributed by atoms with Crippen LogP contribution in [0.4, 0.5) is 0 Å². The third-order valence-corrected chi connectivity index (χ3v) is 6.40. The Balaban J connectivity index is 1.45. The molecule has 6 heteroatoms. The summed E-state index contributed by atoms with van der Waals surface area (Å²) in [6, 6.07) is 10.3. The molecule has 1 aliphatic heterocycles. The number of furan rings is 1. The molecule has 0 unspecified atom stereocenters. The highest BCUT2D eigenvalue weighted by Crippen LogP contribution is 2.31. The van der Waals surface area contributed by atoms with Crippen LogP contribution < -0.4 is 0 Å². The molecule has 5 nitrogen and oxygen atoms in total. The molecule has 0 spiro atoms. The molecule has 0 atom stereocenters. The maximum absolute atomic E-state index is 13.1. The fourth-order valence-corrected chi connectivity index (χ4v) is 4.76. The third-order valence-electron chi connectivity index (χ3n) is 5.22. The quantitative estimate of drug-likeness (QED) is 0.661. The lowest BCUT2D eigenvalue weighted by Gasteiger charge is -2.34. The van der Waals surface area contributed by atoms with E-state index in [1.807, 2.05) is 24.0 Å². The molecule has 1 aliphatic rings. The number of rotatable bonds is 4. The van der Waals surface area contributed by atoms with Crippen molar-refractivity contribution in [2.45, 2.75) is 27.3 Å². The molecular weight excluding hydrogens is 370 g/mol. The number of benzene rings is 1. The third kappa shape index (κ3) is 3.88. The van der Waals surface area contributed by atoms with Crippen LogP contribution in [0.15, 0.2) is 41.0 Å². The highest BCUT2D eigenvalue weighted by Gasteiger charge is 2.26. The van der Waals surface area contributed by atoms with Crippen molar-refractivity contribution in [3.8, 4) is 10.6 Å². The number of piperazine rings is 1. The van der Waals surface area contributed by atoms with Gasteiger partial charge >= 0.3 is 0 Å². The molecule has 3 aromatic rings. The number of amides is 1. The second kappa shape index (κ2) is 7.89. The number of carbonyl (C=O) groups is 1. The summed E-state index contributed by atoms with van der Waals surface area (Å²) in [5.74, 6) is 1.07. The van der Waals surface area contributed by atoms with Crippen molar-refractivity contribution in [1.29, 1.82) is 0 Å². The topological polar surface area (TPSA) is 49.6 Å². The van der Waals surface area contributed by atoms with Gasteiger partial charge in [0.2, 0.25) is 0 Å². The Kier molecular flexibility index (Phi) is 5.33. The molecule has 0 saturated carbocycles. The first-order chi connectivity index (χ1) is 13.5. The minimum atomic E-state index is 0.101. The first-order valence-electron chi connectivity index (χ1n) is 9.60. The van der Waals surface area contributed by atoms with Gasteiger partial charge < -0.3 is 9.32 Å². The van der Waals surface area contributed by atoms with E-state index in [0.717, 1.165) is 59.6 Å². The van der Waals surface area contributed by atoms with Gasteiger partial charge in [-0.2, -0.15) is 0 Å². The van der Waals surface area contributed by atoms with Gasteiger partial charge in [0.25, 0.3) is 5.91 Å². The van der Waals surface area contributed by atoms with E-state index in [4.69, 9.17) is 9.40 Å². The summed E-state index contributed by atoms with van der Waals surface area (Å²) in [6.45, 7) is 10.1. The van der Waals surface area contributed by atoms with Gasteiger partial charge in [0.05, 0.1) is 18.5 Å². The van der Waals surface area contributed by atoms with Crippen LogP contribution in [0, 0.1) is 20.8 Å². The van der Waals surface area contributed by atoms with Gasteiger partial charge in [-0.25, -0.2) is 4.98 Å². The molecule has 1 fully saturated rings. The second-order valence-electron chi connectivity index (χ2n) is 7.40. The van der Waals surface area contributed by atoms with Gasteiger partial charge in [-0.15, -0.1) is 11.3 Å². The molecule has 0 bridgehead atoms. The van der Waals surface area contributed by atoms with Gasteiger partial charge in [0.1, 0.15) is 15.6 Å². The zero-order chi connectivity index (χ0) is 19.7. The zero-order valence-corrected chi connectivity index (χ0v) is 17.4. The molecule has 4 rings (SSSR count). The molecule has 0 radical (unpaired) electrons. The van der Waals surface area contributed by atoms with Crippen LogP contribution in [0.5, 0.6) is 0 Å².